The molecule has 0 heterocycles. The van der Waals surface area contributed by atoms with E-state index in [4.69, 9.17) is 39.8 Å². The largest absolute Gasteiger partial charge is 1.00 e. The number of thioether (sulfide) groups is 1. The normalized spacial score (nSPS) is 8.36. The van der Waals surface area contributed by atoms with Gasteiger partial charge in [-0.2, -0.15) is 0 Å². The molecule has 0 atom stereocenters. The van der Waals surface area contributed by atoms with Crippen LogP contribution in [-0.4, -0.2) is 17.4 Å². The number of nitrogens with one attached hydrogen (secondary N) is 1. The lowest BCUT2D eigenvalue weighted by Crippen LogP contribution is -3.00. The van der Waals surface area contributed by atoms with Gasteiger partial charge in [-0.05, 0) is 66.5 Å². The number of anilines is 3. The summed E-state index contributed by atoms with van der Waals surface area (Å²) in [7, 11) is 0. The van der Waals surface area contributed by atoms with E-state index in [1.54, 1.807) is 48.5 Å². The average Bonchev–Trinajstić information content (AvgIpc) is 2.53. The van der Waals surface area contributed by atoms with E-state index in [0.29, 0.717) is 10.9 Å². The third-order valence-corrected chi connectivity index (χ3v) is 2.84. The quantitative estimate of drug-likeness (QED) is 0.0868. The van der Waals surface area contributed by atoms with Gasteiger partial charge >= 0.3 is 5.96 Å². The maximum Gasteiger partial charge on any atom is 0.343 e. The summed E-state index contributed by atoms with van der Waals surface area (Å²) in [6.45, 7) is 0. The molecule has 2 aromatic rings. The molecule has 0 saturated heterocycles. The molecule has 0 bridgehead atoms. The zero-order valence-corrected chi connectivity index (χ0v) is 16.9. The van der Waals surface area contributed by atoms with Gasteiger partial charge in [-0.1, -0.05) is 0 Å². The number of hydrogen-bond donors (Lipinski definition) is 8. The van der Waals surface area contributed by atoms with Crippen LogP contribution in [0.5, 0.6) is 0 Å². The molecule has 2 rings (SSSR count). The highest BCUT2D eigenvalue weighted by Gasteiger charge is 1.91. The molecule has 0 aliphatic carbocycles. The predicted octanol–water partition coefficient (Wildman–Crippen LogP) is -5.47. The van der Waals surface area contributed by atoms with E-state index in [0.717, 1.165) is 17.1 Å². The minimum absolute atomic E-state index is 0. The first-order chi connectivity index (χ1) is 11.2. The minimum Gasteiger partial charge on any atom is -1.00 e. The summed E-state index contributed by atoms with van der Waals surface area (Å²) in [4.78, 5) is 2.75. The summed E-state index contributed by atoms with van der Waals surface area (Å²) < 4.78 is 0. The highest BCUT2D eigenvalue weighted by molar-refractivity contribution is 8.12. The molecule has 0 unspecified atom stereocenters. The lowest BCUT2D eigenvalue weighted by molar-refractivity contribution is -0.356. The Balaban J connectivity index is 0. The van der Waals surface area contributed by atoms with Crippen LogP contribution in [0.3, 0.4) is 0 Å². The molecule has 0 amide bonds. The maximum atomic E-state index is 5.46. The number of hydrogen-bond acceptors (Lipinski definition) is 4. The average molecular weight is 477 g/mol. The van der Waals surface area contributed by atoms with Crippen LogP contribution in [-0.2, 0) is 0 Å². The van der Waals surface area contributed by atoms with Gasteiger partial charge < -0.3 is 41.2 Å². The summed E-state index contributed by atoms with van der Waals surface area (Å²) in [6.07, 6.45) is 1.83. The summed E-state index contributed by atoms with van der Waals surface area (Å²) in [6, 6.07) is 14.2. The number of halogens is 1. The summed E-state index contributed by atoms with van der Waals surface area (Å²) >= 11 is 1.35. The minimum atomic E-state index is 0. The van der Waals surface area contributed by atoms with Gasteiger partial charge in [0.15, 0.2) is 0 Å². The van der Waals surface area contributed by atoms with E-state index in [9.17, 15) is 0 Å². The van der Waals surface area contributed by atoms with Gasteiger partial charge in [-0.3, -0.25) is 22.6 Å². The Labute approximate surface area is 168 Å². The van der Waals surface area contributed by atoms with Crippen LogP contribution >= 0.6 is 11.8 Å². The first-order valence-electron chi connectivity index (χ1n) is 6.78. The second kappa shape index (κ2) is 14.0. The van der Waals surface area contributed by atoms with Crippen molar-refractivity contribution in [3.63, 3.8) is 0 Å². The van der Waals surface area contributed by atoms with Crippen molar-refractivity contribution in [2.45, 2.75) is 0 Å². The Morgan fingerprint density at radius 1 is 0.800 bits per heavy atom. The topological polar surface area (TPSA) is 196 Å². The molecule has 10 heteroatoms. The van der Waals surface area contributed by atoms with Gasteiger partial charge in [0, 0.05) is 17.1 Å². The molecule has 2 aromatic carbocycles. The Morgan fingerprint density at radius 2 is 1.08 bits per heavy atom. The molecule has 0 fully saturated rings. The van der Waals surface area contributed by atoms with E-state index >= 15 is 0 Å². The second-order valence-electron chi connectivity index (χ2n) is 4.48. The number of nitrogens with two attached hydrogens (primary N) is 7. The fraction of sp³-hybridized carbons (Fsp3) is 0.0667. The third kappa shape index (κ3) is 15.0. The van der Waals surface area contributed by atoms with E-state index in [1.807, 2.05) is 6.26 Å². The third-order valence-electron chi connectivity index (χ3n) is 2.37. The number of benzene rings is 2. The smallest absolute Gasteiger partial charge is 0.343 e. The highest BCUT2D eigenvalue weighted by atomic mass is 127. The summed E-state index contributed by atoms with van der Waals surface area (Å²) in [5.41, 5.74) is 34.6. The molecule has 8 nitrogen and oxygen atoms in total. The molecule has 0 aliphatic rings. The van der Waals surface area contributed by atoms with Gasteiger partial charge in [0.2, 0.25) is 0 Å². The molecule has 0 aromatic heterocycles. The number of amidine groups is 1. The van der Waals surface area contributed by atoms with Crippen molar-refractivity contribution >= 4 is 45.6 Å². The zero-order valence-electron chi connectivity index (χ0n) is 13.9. The maximum absolute atomic E-state index is 5.46. The molecule has 25 heavy (non-hydrogen) atoms. The summed E-state index contributed by atoms with van der Waals surface area (Å²) in [5, 5.41) is 5.37. The monoisotopic (exact) mass is 477 g/mol. The van der Waals surface area contributed by atoms with Crippen molar-refractivity contribution in [1.82, 2.24) is 0 Å². The highest BCUT2D eigenvalue weighted by Crippen LogP contribution is 2.05. The number of rotatable bonds is 1. The van der Waals surface area contributed by atoms with Gasteiger partial charge in [0.25, 0.3) is 5.17 Å². The van der Waals surface area contributed by atoms with Crippen LogP contribution in [0.15, 0.2) is 48.5 Å². The van der Waals surface area contributed by atoms with E-state index < -0.39 is 0 Å². The fourth-order valence-electron chi connectivity index (χ4n) is 1.23. The molecule has 0 aliphatic heterocycles. The van der Waals surface area contributed by atoms with Gasteiger partial charge in [-0.15, -0.1) is 0 Å². The van der Waals surface area contributed by atoms with Crippen LogP contribution in [0.25, 0.3) is 0 Å². The van der Waals surface area contributed by atoms with E-state index in [-0.39, 0.29) is 29.9 Å². The van der Waals surface area contributed by atoms with Crippen molar-refractivity contribution in [3.05, 3.63) is 48.5 Å². The van der Waals surface area contributed by atoms with Crippen molar-refractivity contribution < 1.29 is 34.4 Å². The van der Waals surface area contributed by atoms with Crippen molar-refractivity contribution in [3.8, 4) is 0 Å². The molecule has 0 spiro atoms. The summed E-state index contributed by atoms with van der Waals surface area (Å²) in [5.74, 6) is 0.176. The van der Waals surface area contributed by atoms with Gasteiger partial charge in [0.05, 0.1) is 5.69 Å². The van der Waals surface area contributed by atoms with Gasteiger partial charge in [0.1, 0.15) is 0 Å². The first-order valence-corrected chi connectivity index (χ1v) is 8.00. The fourth-order valence-corrected chi connectivity index (χ4v) is 1.23. The van der Waals surface area contributed by atoms with E-state index in [2.05, 4.69) is 4.99 Å². The SMILES string of the molecule is CSC(N)=[NH2+].NC(N)=[NH+]c1ccc(N)cc1.Nc1ccc(N)cc1.[I-]. The van der Waals surface area contributed by atoms with Crippen LogP contribution < -0.4 is 68.8 Å². The number of nitrogen functional groups attached to an aromatic ring is 3. The lowest BCUT2D eigenvalue weighted by Gasteiger charge is -1.92. The van der Waals surface area contributed by atoms with Crippen LogP contribution in [0.4, 0.5) is 22.7 Å². The van der Waals surface area contributed by atoms with Crippen molar-refractivity contribution in [2.75, 3.05) is 23.5 Å². The Morgan fingerprint density at radius 3 is 1.32 bits per heavy atom. The molecule has 15 N–H and O–H groups in total. The van der Waals surface area contributed by atoms with Gasteiger partial charge in [-0.25, -0.2) is 4.99 Å². The second-order valence-corrected chi connectivity index (χ2v) is 5.36. The molecular weight excluding hydrogens is 451 g/mol. The number of guanidine groups is 1. The van der Waals surface area contributed by atoms with Crippen LogP contribution in [0.2, 0.25) is 0 Å². The zero-order chi connectivity index (χ0) is 18.5. The molecule has 138 valence electrons. The van der Waals surface area contributed by atoms with Crippen LogP contribution in [0, 0.1) is 0 Å². The Hall–Kier alpha value is -2.34. The molecule has 0 saturated carbocycles. The first kappa shape index (κ1) is 24.9. The van der Waals surface area contributed by atoms with Crippen molar-refractivity contribution in [2.24, 2.45) is 17.2 Å². The Bertz CT molecular complexity index is 619. The van der Waals surface area contributed by atoms with Crippen LogP contribution in [0.1, 0.15) is 0 Å². The van der Waals surface area contributed by atoms with E-state index in [1.165, 1.54) is 11.8 Å². The molecular formula is C15H26IN8S+. The Kier molecular flexibility index (Phi) is 14.0. The molecule has 0 radical (unpaired) electrons. The lowest BCUT2D eigenvalue weighted by atomic mass is 10.3. The predicted molar refractivity (Wildman–Crippen MR) is 105 cm³/mol. The van der Waals surface area contributed by atoms with Crippen molar-refractivity contribution in [1.29, 1.82) is 0 Å². The standard InChI is InChI=1S/C7H10N4.C6H8N2.C2H6N2S.HI/c8-5-1-3-6(4-2-5)11-7(9)10;7-5-1-2-6(8)4-3-5;1-5-2(3)4;/h1-4H,8H2,(H4,9,10,11);1-4H,7-8H2;1H3,(H3,3,4);1H/p+1.